The van der Waals surface area contributed by atoms with E-state index < -0.39 is 8.07 Å². The van der Waals surface area contributed by atoms with Crippen molar-refractivity contribution in [1.29, 1.82) is 5.26 Å². The van der Waals surface area contributed by atoms with Gasteiger partial charge in [0.15, 0.2) is 0 Å². The van der Waals surface area contributed by atoms with Gasteiger partial charge in [0, 0.05) is 6.42 Å². The zero-order chi connectivity index (χ0) is 9.12. The average Bonchev–Trinajstić information content (AvgIpc) is 1.81. The van der Waals surface area contributed by atoms with E-state index in [0.29, 0.717) is 5.04 Å². The van der Waals surface area contributed by atoms with Gasteiger partial charge in [-0.2, -0.15) is 5.26 Å². The molecule has 0 heterocycles. The third kappa shape index (κ3) is 3.07. The lowest BCUT2D eigenvalue weighted by molar-refractivity contribution is 0.713. The third-order valence-electron chi connectivity index (χ3n) is 2.89. The van der Waals surface area contributed by atoms with E-state index in [9.17, 15) is 0 Å². The molecule has 0 spiro atoms. The first-order valence-corrected chi connectivity index (χ1v) is 7.39. The standard InChI is InChI=1S/C9H19NSi/c1-9(2,3)11(4,5)8-6-7-10/h6,8H2,1-5H3. The summed E-state index contributed by atoms with van der Waals surface area (Å²) < 4.78 is 0. The van der Waals surface area contributed by atoms with E-state index in [1.807, 2.05) is 0 Å². The van der Waals surface area contributed by atoms with Crippen molar-refractivity contribution in [2.75, 3.05) is 0 Å². The molecule has 0 saturated carbocycles. The monoisotopic (exact) mass is 169 g/mol. The van der Waals surface area contributed by atoms with Gasteiger partial charge in [-0.25, -0.2) is 0 Å². The zero-order valence-corrected chi connectivity index (χ0v) is 9.36. The minimum absolute atomic E-state index is 0.434. The molecule has 0 aromatic carbocycles. The molecule has 0 aliphatic carbocycles. The molecule has 0 aliphatic heterocycles. The van der Waals surface area contributed by atoms with Crippen LogP contribution in [0.5, 0.6) is 0 Å². The van der Waals surface area contributed by atoms with Crippen LogP contribution < -0.4 is 0 Å². The predicted octanol–water partition coefficient (Wildman–Crippen LogP) is 3.41. The summed E-state index contributed by atoms with van der Waals surface area (Å²) in [6, 6.07) is 3.36. The molecule has 64 valence electrons. The van der Waals surface area contributed by atoms with E-state index in [4.69, 9.17) is 5.26 Å². The first-order chi connectivity index (χ1) is 4.81. The highest BCUT2D eigenvalue weighted by molar-refractivity contribution is 6.80. The fourth-order valence-electron chi connectivity index (χ4n) is 0.743. The van der Waals surface area contributed by atoms with Gasteiger partial charge in [-0.05, 0) is 11.1 Å². The molecule has 0 rings (SSSR count). The van der Waals surface area contributed by atoms with Gasteiger partial charge in [-0.1, -0.05) is 33.9 Å². The van der Waals surface area contributed by atoms with E-state index in [2.05, 4.69) is 39.9 Å². The summed E-state index contributed by atoms with van der Waals surface area (Å²) in [7, 11) is -1.15. The quantitative estimate of drug-likeness (QED) is 0.581. The molecule has 1 nitrogen and oxygen atoms in total. The van der Waals surface area contributed by atoms with Crippen LogP contribution in [0, 0.1) is 11.3 Å². The Kier molecular flexibility index (Phi) is 3.31. The molecule has 2 heteroatoms. The molecule has 0 saturated heterocycles. The van der Waals surface area contributed by atoms with Crippen molar-refractivity contribution in [2.24, 2.45) is 0 Å². The van der Waals surface area contributed by atoms with Gasteiger partial charge in [-0.15, -0.1) is 0 Å². The van der Waals surface area contributed by atoms with Crippen LogP contribution >= 0.6 is 0 Å². The van der Waals surface area contributed by atoms with Gasteiger partial charge in [0.25, 0.3) is 0 Å². The lowest BCUT2D eigenvalue weighted by Gasteiger charge is -2.36. The Balaban J connectivity index is 4.13. The van der Waals surface area contributed by atoms with Crippen molar-refractivity contribution in [1.82, 2.24) is 0 Å². The summed E-state index contributed by atoms with van der Waals surface area (Å²) in [5, 5.41) is 8.90. The SMILES string of the molecule is CC(C)(C)[Si](C)(C)CCC#N. The zero-order valence-electron chi connectivity index (χ0n) is 8.36. The van der Waals surface area contributed by atoms with Gasteiger partial charge >= 0.3 is 0 Å². The second-order valence-corrected chi connectivity index (χ2v) is 10.6. The van der Waals surface area contributed by atoms with Gasteiger partial charge in [0.2, 0.25) is 0 Å². The molecule has 0 bridgehead atoms. The molecule has 0 unspecified atom stereocenters. The van der Waals surface area contributed by atoms with E-state index in [0.717, 1.165) is 12.5 Å². The van der Waals surface area contributed by atoms with Crippen molar-refractivity contribution < 1.29 is 0 Å². The van der Waals surface area contributed by atoms with E-state index >= 15 is 0 Å². The van der Waals surface area contributed by atoms with E-state index in [-0.39, 0.29) is 0 Å². The van der Waals surface area contributed by atoms with Crippen LogP contribution in [-0.4, -0.2) is 8.07 Å². The molecular formula is C9H19NSi. The van der Waals surface area contributed by atoms with E-state index in [1.54, 1.807) is 0 Å². The Morgan fingerprint density at radius 1 is 1.27 bits per heavy atom. The predicted molar refractivity (Wildman–Crippen MR) is 52.2 cm³/mol. The minimum atomic E-state index is -1.15. The Morgan fingerprint density at radius 2 is 1.73 bits per heavy atom. The first-order valence-electron chi connectivity index (χ1n) is 4.18. The topological polar surface area (TPSA) is 23.8 Å². The number of rotatable bonds is 2. The summed E-state index contributed by atoms with van der Waals surface area (Å²) in [6.45, 7) is 11.6. The molecule has 0 atom stereocenters. The fourth-order valence-corrected chi connectivity index (χ4v) is 2.23. The van der Waals surface area contributed by atoms with Crippen LogP contribution in [-0.2, 0) is 0 Å². The summed E-state index contributed by atoms with van der Waals surface area (Å²) in [6.07, 6.45) is 0.733. The number of hydrogen-bond donors (Lipinski definition) is 0. The summed E-state index contributed by atoms with van der Waals surface area (Å²) in [4.78, 5) is 0. The second kappa shape index (κ2) is 3.40. The molecule has 0 aromatic rings. The summed E-state index contributed by atoms with van der Waals surface area (Å²) in [5.74, 6) is 0. The number of nitrogens with zero attached hydrogens (tertiary/aromatic N) is 1. The maximum Gasteiger partial charge on any atom is 0.0618 e. The highest BCUT2D eigenvalue weighted by Gasteiger charge is 2.33. The summed E-state index contributed by atoms with van der Waals surface area (Å²) >= 11 is 0. The number of nitriles is 1. The maximum atomic E-state index is 8.47. The molecule has 0 N–H and O–H groups in total. The lowest BCUT2D eigenvalue weighted by atomic mass is 10.2. The van der Waals surface area contributed by atoms with Gasteiger partial charge in [0.1, 0.15) is 0 Å². The van der Waals surface area contributed by atoms with Gasteiger partial charge in [-0.3, -0.25) is 0 Å². The normalized spacial score (nSPS) is 12.7. The second-order valence-electron chi connectivity index (χ2n) is 4.79. The molecule has 0 aromatic heterocycles. The van der Waals surface area contributed by atoms with Gasteiger partial charge in [0.05, 0.1) is 14.1 Å². The Morgan fingerprint density at radius 3 is 2.00 bits per heavy atom. The highest BCUT2D eigenvalue weighted by atomic mass is 28.3. The van der Waals surface area contributed by atoms with Crippen LogP contribution in [0.2, 0.25) is 24.2 Å². The van der Waals surface area contributed by atoms with Crippen LogP contribution in [0.15, 0.2) is 0 Å². The Labute approximate surface area is 71.4 Å². The van der Waals surface area contributed by atoms with Crippen LogP contribution in [0.3, 0.4) is 0 Å². The largest absolute Gasteiger partial charge is 0.198 e. The van der Waals surface area contributed by atoms with E-state index in [1.165, 1.54) is 0 Å². The van der Waals surface area contributed by atoms with Crippen molar-refractivity contribution in [3.8, 4) is 6.07 Å². The molecule has 0 radical (unpaired) electrons. The molecule has 0 fully saturated rings. The van der Waals surface area contributed by atoms with Gasteiger partial charge < -0.3 is 0 Å². The van der Waals surface area contributed by atoms with Crippen molar-refractivity contribution in [2.45, 2.75) is 51.4 Å². The average molecular weight is 169 g/mol. The third-order valence-corrected chi connectivity index (χ3v) is 8.45. The van der Waals surface area contributed by atoms with Crippen molar-refractivity contribution >= 4 is 8.07 Å². The highest BCUT2D eigenvalue weighted by Crippen LogP contribution is 2.38. The summed E-state index contributed by atoms with van der Waals surface area (Å²) in [5.41, 5.74) is 0. The van der Waals surface area contributed by atoms with Crippen LogP contribution in [0.25, 0.3) is 0 Å². The number of hydrogen-bond acceptors (Lipinski definition) is 1. The minimum Gasteiger partial charge on any atom is -0.198 e. The van der Waals surface area contributed by atoms with Crippen LogP contribution in [0.4, 0.5) is 0 Å². The Hall–Kier alpha value is -0.293. The van der Waals surface area contributed by atoms with Crippen molar-refractivity contribution in [3.05, 3.63) is 0 Å². The molecule has 0 amide bonds. The fraction of sp³-hybridized carbons (Fsp3) is 0.889. The van der Waals surface area contributed by atoms with Crippen molar-refractivity contribution in [3.63, 3.8) is 0 Å². The molecule has 11 heavy (non-hydrogen) atoms. The smallest absolute Gasteiger partial charge is 0.0618 e. The Bertz CT molecular complexity index is 159. The first kappa shape index (κ1) is 10.7. The molecular weight excluding hydrogens is 150 g/mol. The van der Waals surface area contributed by atoms with Crippen LogP contribution in [0.1, 0.15) is 27.2 Å². The lowest BCUT2D eigenvalue weighted by Crippen LogP contribution is -2.36. The molecule has 0 aliphatic rings. The maximum absolute atomic E-state index is 8.47.